The molecular formula is C4H7MoO3. The topological polar surface area (TPSA) is 43.4 Å². The van der Waals surface area contributed by atoms with Crippen molar-refractivity contribution < 1.29 is 30.5 Å². The molecule has 0 saturated heterocycles. The van der Waals surface area contributed by atoms with Crippen molar-refractivity contribution in [3.05, 3.63) is 0 Å². The Morgan fingerprint density at radius 2 is 2.38 bits per heavy atom. The second-order valence-electron chi connectivity index (χ2n) is 1.27. The Hall–Kier alpha value is -0.0417. The molecule has 0 aromatic heterocycles. The van der Waals surface area contributed by atoms with Crippen LogP contribution >= 0.6 is 0 Å². The van der Waals surface area contributed by atoms with Gasteiger partial charge in [0.05, 0.1) is 0 Å². The van der Waals surface area contributed by atoms with E-state index in [0.717, 1.165) is 6.42 Å². The summed E-state index contributed by atoms with van der Waals surface area (Å²) in [7, 11) is 0. The van der Waals surface area contributed by atoms with Gasteiger partial charge in [0.1, 0.15) is 0 Å². The second-order valence-corrected chi connectivity index (χ2v) is 2.02. The molecule has 47 valence electrons. The van der Waals surface area contributed by atoms with Gasteiger partial charge in [-0.3, -0.25) is 0 Å². The molecule has 0 amide bonds. The van der Waals surface area contributed by atoms with Crippen molar-refractivity contribution in [2.75, 3.05) is 0 Å². The van der Waals surface area contributed by atoms with Crippen LogP contribution in [0.3, 0.4) is 0 Å². The molecule has 0 atom stereocenters. The fraction of sp³-hybridized carbons (Fsp3) is 0.750. The minimum atomic E-state index is -1.69. The molecule has 8 heavy (non-hydrogen) atoms. The zero-order valence-corrected chi connectivity index (χ0v) is 6.55. The molecule has 0 rings (SSSR count). The van der Waals surface area contributed by atoms with Crippen LogP contribution in [-0.4, -0.2) is 5.97 Å². The average Bonchev–Trinajstić information content (AvgIpc) is 1.68. The minimum absolute atomic E-state index is 0.343. The molecule has 0 aliphatic carbocycles. The van der Waals surface area contributed by atoms with Crippen molar-refractivity contribution in [1.82, 2.24) is 0 Å². The van der Waals surface area contributed by atoms with Crippen LogP contribution < -0.4 is 0 Å². The number of carbonyl (C=O) groups excluding carboxylic acids is 1. The van der Waals surface area contributed by atoms with Crippen molar-refractivity contribution in [2.24, 2.45) is 0 Å². The molecule has 0 radical (unpaired) electrons. The van der Waals surface area contributed by atoms with Crippen LogP contribution in [0.4, 0.5) is 0 Å². The van der Waals surface area contributed by atoms with Gasteiger partial charge in [-0.2, -0.15) is 0 Å². The first-order valence-corrected chi connectivity index (χ1v) is 3.94. The molecule has 3 nitrogen and oxygen atoms in total. The van der Waals surface area contributed by atoms with E-state index in [1.807, 2.05) is 6.92 Å². The molecule has 0 aromatic rings. The number of carbonyl (C=O) groups is 1. The van der Waals surface area contributed by atoms with Crippen molar-refractivity contribution in [3.63, 3.8) is 0 Å². The monoisotopic (exact) mass is 201 g/mol. The molecule has 0 N–H and O–H groups in total. The van der Waals surface area contributed by atoms with E-state index in [2.05, 4.69) is 3.39 Å². The first kappa shape index (κ1) is 7.96. The molecule has 0 aromatic carbocycles. The summed E-state index contributed by atoms with van der Waals surface area (Å²) >= 11 is -1.69. The van der Waals surface area contributed by atoms with Crippen LogP contribution in [0.2, 0.25) is 0 Å². The van der Waals surface area contributed by atoms with Crippen LogP contribution in [-0.2, 0) is 30.5 Å². The quantitative estimate of drug-likeness (QED) is 0.627. The molecule has 0 aliphatic rings. The molecule has 0 spiro atoms. The molecule has 4 heteroatoms. The standard InChI is InChI=1S/C4H8O2.Mo.O/c1-2-3-4(5)6;;/h2-3H2,1H3,(H,5,6);;/q;+1;/p-1. The summed E-state index contributed by atoms with van der Waals surface area (Å²) in [4.78, 5) is 10.3. The molecule has 0 heterocycles. The molecule has 0 unspecified atom stereocenters. The normalized spacial score (nSPS) is 8.12. The second kappa shape index (κ2) is 5.10. The summed E-state index contributed by atoms with van der Waals surface area (Å²) < 4.78 is 13.9. The molecule has 0 fully saturated rings. The fourth-order valence-corrected chi connectivity index (χ4v) is 0.675. The number of hydrogen-bond acceptors (Lipinski definition) is 3. The van der Waals surface area contributed by atoms with E-state index in [-0.39, 0.29) is 5.97 Å². The first-order chi connectivity index (χ1) is 3.81. The van der Waals surface area contributed by atoms with E-state index in [1.165, 1.54) is 0 Å². The van der Waals surface area contributed by atoms with E-state index >= 15 is 0 Å². The summed E-state index contributed by atoms with van der Waals surface area (Å²) in [6, 6.07) is 0. The van der Waals surface area contributed by atoms with Crippen LogP contribution in [0.15, 0.2) is 0 Å². The molecule has 0 aliphatic heterocycles. The molecule has 0 saturated carbocycles. The maximum absolute atomic E-state index is 10.3. The van der Waals surface area contributed by atoms with Crippen molar-refractivity contribution in [1.29, 1.82) is 0 Å². The van der Waals surface area contributed by atoms with Crippen LogP contribution in [0.25, 0.3) is 0 Å². The average molecular weight is 199 g/mol. The predicted molar refractivity (Wildman–Crippen MR) is 21.7 cm³/mol. The van der Waals surface area contributed by atoms with Crippen molar-refractivity contribution in [3.8, 4) is 0 Å². The van der Waals surface area contributed by atoms with E-state index < -0.39 is 18.9 Å². The molecular weight excluding hydrogens is 192 g/mol. The summed E-state index contributed by atoms with van der Waals surface area (Å²) in [6.07, 6.45) is 1.14. The van der Waals surface area contributed by atoms with Gasteiger partial charge >= 0.3 is 56.2 Å². The third kappa shape index (κ3) is 4.13. The predicted octanol–water partition coefficient (Wildman–Crippen LogP) is 0.673. The van der Waals surface area contributed by atoms with E-state index in [0.29, 0.717) is 6.42 Å². The van der Waals surface area contributed by atoms with Crippen LogP contribution in [0, 0.1) is 0 Å². The Labute approximate surface area is 56.7 Å². The SMILES string of the molecule is CCCC(=O)[O][Mo]=[O]. The molecule has 0 bridgehead atoms. The van der Waals surface area contributed by atoms with Gasteiger partial charge in [0, 0.05) is 0 Å². The van der Waals surface area contributed by atoms with Crippen LogP contribution in [0.1, 0.15) is 19.8 Å². The van der Waals surface area contributed by atoms with Gasteiger partial charge in [-0.25, -0.2) is 0 Å². The summed E-state index contributed by atoms with van der Waals surface area (Å²) in [5.74, 6) is -0.343. The van der Waals surface area contributed by atoms with Gasteiger partial charge in [0.15, 0.2) is 0 Å². The first-order valence-electron chi connectivity index (χ1n) is 2.30. The van der Waals surface area contributed by atoms with Gasteiger partial charge in [0.2, 0.25) is 0 Å². The van der Waals surface area contributed by atoms with E-state index in [4.69, 9.17) is 0 Å². The van der Waals surface area contributed by atoms with Gasteiger partial charge in [-0.1, -0.05) is 0 Å². The summed E-state index contributed by atoms with van der Waals surface area (Å²) in [6.45, 7) is 1.87. The van der Waals surface area contributed by atoms with E-state index in [1.54, 1.807) is 0 Å². The third-order valence-electron chi connectivity index (χ3n) is 0.581. The van der Waals surface area contributed by atoms with Gasteiger partial charge in [-0.05, 0) is 0 Å². The Morgan fingerprint density at radius 3 is 2.75 bits per heavy atom. The number of rotatable bonds is 3. The Kier molecular flexibility index (Phi) is 5.08. The van der Waals surface area contributed by atoms with Crippen molar-refractivity contribution in [2.45, 2.75) is 19.8 Å². The third-order valence-corrected chi connectivity index (χ3v) is 1.21. The van der Waals surface area contributed by atoms with E-state index in [9.17, 15) is 8.19 Å². The Morgan fingerprint density at radius 1 is 1.75 bits per heavy atom. The summed E-state index contributed by atoms with van der Waals surface area (Å²) in [5.41, 5.74) is 0. The fourth-order valence-electron chi connectivity index (χ4n) is 0.284. The van der Waals surface area contributed by atoms with Gasteiger partial charge < -0.3 is 0 Å². The van der Waals surface area contributed by atoms with Crippen LogP contribution in [0.5, 0.6) is 0 Å². The summed E-state index contributed by atoms with van der Waals surface area (Å²) in [5, 5.41) is 0. The van der Waals surface area contributed by atoms with Crippen molar-refractivity contribution >= 4 is 5.97 Å². The number of hydrogen-bond donors (Lipinski definition) is 0. The Balaban J connectivity index is 3.18. The van der Waals surface area contributed by atoms with Gasteiger partial charge in [-0.15, -0.1) is 0 Å². The zero-order valence-electron chi connectivity index (χ0n) is 4.55. The Bertz CT molecular complexity index is 91.3. The van der Waals surface area contributed by atoms with Gasteiger partial charge in [0.25, 0.3) is 0 Å². The zero-order chi connectivity index (χ0) is 6.41. The maximum atomic E-state index is 10.3.